The second kappa shape index (κ2) is 5.76. The molecule has 1 saturated carbocycles. The van der Waals surface area contributed by atoms with Gasteiger partial charge in [-0.15, -0.1) is 0 Å². The molecule has 4 N–H and O–H groups in total. The van der Waals surface area contributed by atoms with Crippen molar-refractivity contribution in [1.29, 1.82) is 0 Å². The molecule has 2 aromatic rings. The van der Waals surface area contributed by atoms with Crippen molar-refractivity contribution >= 4 is 34.8 Å². The zero-order chi connectivity index (χ0) is 16.9. The van der Waals surface area contributed by atoms with Crippen LogP contribution in [0.5, 0.6) is 0 Å². The Bertz CT molecular complexity index is 797. The molecule has 1 spiro atoms. The SMILES string of the molecule is Nc1nc(N2CCC3(CCC3N)C2)cnc1-c1cccc(Cl)c1Cl. The molecule has 1 aliphatic carbocycles. The van der Waals surface area contributed by atoms with E-state index in [1.54, 1.807) is 12.3 Å². The molecule has 2 unspecified atom stereocenters. The molecule has 5 nitrogen and oxygen atoms in total. The molecule has 126 valence electrons. The number of benzene rings is 1. The van der Waals surface area contributed by atoms with Crippen molar-refractivity contribution in [2.45, 2.75) is 25.3 Å². The van der Waals surface area contributed by atoms with Gasteiger partial charge in [0, 0.05) is 30.1 Å². The van der Waals surface area contributed by atoms with E-state index in [9.17, 15) is 0 Å². The molecule has 4 rings (SSSR count). The van der Waals surface area contributed by atoms with Crippen LogP contribution < -0.4 is 16.4 Å². The van der Waals surface area contributed by atoms with E-state index in [-0.39, 0.29) is 5.41 Å². The molecular formula is C17H19Cl2N5. The Morgan fingerprint density at radius 3 is 2.71 bits per heavy atom. The van der Waals surface area contributed by atoms with Crippen LogP contribution in [0.4, 0.5) is 11.6 Å². The number of nitrogens with zero attached hydrogens (tertiary/aromatic N) is 3. The molecule has 2 atom stereocenters. The topological polar surface area (TPSA) is 81.1 Å². The van der Waals surface area contributed by atoms with Gasteiger partial charge in [0.2, 0.25) is 0 Å². The molecule has 1 aromatic heterocycles. The molecule has 0 radical (unpaired) electrons. The summed E-state index contributed by atoms with van der Waals surface area (Å²) in [6, 6.07) is 5.70. The Labute approximate surface area is 151 Å². The Morgan fingerprint density at radius 1 is 1.25 bits per heavy atom. The average Bonchev–Trinajstić information content (AvgIpc) is 3.04. The van der Waals surface area contributed by atoms with Crippen LogP contribution in [0.15, 0.2) is 24.4 Å². The highest BCUT2D eigenvalue weighted by Gasteiger charge is 2.49. The summed E-state index contributed by atoms with van der Waals surface area (Å²) in [5.74, 6) is 1.15. The van der Waals surface area contributed by atoms with Crippen molar-refractivity contribution in [3.8, 4) is 11.3 Å². The van der Waals surface area contributed by atoms with E-state index in [4.69, 9.17) is 34.7 Å². The fourth-order valence-corrected chi connectivity index (χ4v) is 4.15. The van der Waals surface area contributed by atoms with E-state index < -0.39 is 0 Å². The van der Waals surface area contributed by atoms with Gasteiger partial charge in [-0.1, -0.05) is 35.3 Å². The lowest BCUT2D eigenvalue weighted by molar-refractivity contribution is 0.122. The average molecular weight is 364 g/mol. The van der Waals surface area contributed by atoms with Crippen molar-refractivity contribution in [3.63, 3.8) is 0 Å². The van der Waals surface area contributed by atoms with Crippen molar-refractivity contribution in [2.75, 3.05) is 23.7 Å². The molecule has 24 heavy (non-hydrogen) atoms. The van der Waals surface area contributed by atoms with E-state index >= 15 is 0 Å². The Morgan fingerprint density at radius 2 is 2.08 bits per heavy atom. The zero-order valence-corrected chi connectivity index (χ0v) is 14.7. The third-order valence-corrected chi connectivity index (χ3v) is 6.26. The predicted molar refractivity (Wildman–Crippen MR) is 98.4 cm³/mol. The van der Waals surface area contributed by atoms with Crippen LogP contribution in [-0.4, -0.2) is 29.1 Å². The van der Waals surface area contributed by atoms with Gasteiger partial charge >= 0.3 is 0 Å². The first-order chi connectivity index (χ1) is 11.5. The minimum absolute atomic E-state index is 0.255. The number of aromatic nitrogens is 2. The van der Waals surface area contributed by atoms with E-state index in [1.165, 1.54) is 6.42 Å². The van der Waals surface area contributed by atoms with Crippen LogP contribution in [0.2, 0.25) is 10.0 Å². The smallest absolute Gasteiger partial charge is 0.152 e. The summed E-state index contributed by atoms with van der Waals surface area (Å²) in [4.78, 5) is 11.3. The molecule has 7 heteroatoms. The zero-order valence-electron chi connectivity index (χ0n) is 13.2. The van der Waals surface area contributed by atoms with Crippen molar-refractivity contribution in [2.24, 2.45) is 11.1 Å². The maximum absolute atomic E-state index is 6.27. The van der Waals surface area contributed by atoms with Crippen LogP contribution in [0.1, 0.15) is 19.3 Å². The fraction of sp³-hybridized carbons (Fsp3) is 0.412. The third kappa shape index (κ3) is 2.42. The van der Waals surface area contributed by atoms with Crippen LogP contribution in [-0.2, 0) is 0 Å². The highest BCUT2D eigenvalue weighted by Crippen LogP contribution is 2.48. The summed E-state index contributed by atoms with van der Waals surface area (Å²) in [7, 11) is 0. The number of halogens is 2. The van der Waals surface area contributed by atoms with Gasteiger partial charge < -0.3 is 16.4 Å². The number of nitrogens with two attached hydrogens (primary N) is 2. The van der Waals surface area contributed by atoms with Gasteiger partial charge in [-0.25, -0.2) is 9.97 Å². The monoisotopic (exact) mass is 363 g/mol. The summed E-state index contributed by atoms with van der Waals surface area (Å²) >= 11 is 12.3. The summed E-state index contributed by atoms with van der Waals surface area (Å²) in [6.07, 6.45) is 5.18. The first-order valence-corrected chi connectivity index (χ1v) is 8.83. The second-order valence-electron chi connectivity index (χ2n) is 6.74. The Kier molecular flexibility index (Phi) is 3.82. The summed E-state index contributed by atoms with van der Waals surface area (Å²) in [5, 5.41) is 0.911. The standard InChI is InChI=1S/C17H19Cl2N5/c18-11-3-1-2-10(14(11)19)15-16(21)23-13(8-22-15)24-7-6-17(9-24)5-4-12(17)20/h1-3,8,12H,4-7,9,20H2,(H2,21,23). The second-order valence-corrected chi connectivity index (χ2v) is 7.53. The number of anilines is 2. The van der Waals surface area contributed by atoms with Gasteiger partial charge in [-0.05, 0) is 25.3 Å². The van der Waals surface area contributed by atoms with E-state index in [1.807, 2.05) is 12.1 Å². The van der Waals surface area contributed by atoms with Crippen molar-refractivity contribution in [3.05, 3.63) is 34.4 Å². The maximum atomic E-state index is 6.27. The van der Waals surface area contributed by atoms with Gasteiger partial charge in [-0.3, -0.25) is 0 Å². The molecule has 2 aliphatic rings. The van der Waals surface area contributed by atoms with E-state index in [0.29, 0.717) is 33.2 Å². The molecule has 0 amide bonds. The van der Waals surface area contributed by atoms with Gasteiger partial charge in [0.1, 0.15) is 11.5 Å². The predicted octanol–water partition coefficient (Wildman–Crippen LogP) is 3.35. The molecule has 2 heterocycles. The summed E-state index contributed by atoms with van der Waals surface area (Å²) < 4.78 is 0. The molecule has 2 fully saturated rings. The van der Waals surface area contributed by atoms with Crippen LogP contribution >= 0.6 is 23.2 Å². The molecule has 1 saturated heterocycles. The van der Waals surface area contributed by atoms with Gasteiger partial charge in [0.15, 0.2) is 5.82 Å². The van der Waals surface area contributed by atoms with Gasteiger partial charge in [-0.2, -0.15) is 0 Å². The third-order valence-electron chi connectivity index (χ3n) is 5.44. The molecule has 1 aromatic carbocycles. The van der Waals surface area contributed by atoms with Crippen molar-refractivity contribution in [1.82, 2.24) is 9.97 Å². The largest absolute Gasteiger partial charge is 0.382 e. The number of hydrogen-bond donors (Lipinski definition) is 2. The first kappa shape index (κ1) is 15.9. The van der Waals surface area contributed by atoms with Crippen LogP contribution in [0, 0.1) is 5.41 Å². The lowest BCUT2D eigenvalue weighted by Gasteiger charge is -2.44. The highest BCUT2D eigenvalue weighted by molar-refractivity contribution is 6.43. The van der Waals surface area contributed by atoms with Gasteiger partial charge in [0.25, 0.3) is 0 Å². The number of hydrogen-bond acceptors (Lipinski definition) is 5. The normalized spacial score (nSPS) is 26.0. The number of rotatable bonds is 2. The fourth-order valence-electron chi connectivity index (χ4n) is 3.76. The van der Waals surface area contributed by atoms with E-state index in [0.717, 1.165) is 31.7 Å². The minimum Gasteiger partial charge on any atom is -0.382 e. The Hall–Kier alpha value is -1.56. The van der Waals surface area contributed by atoms with Gasteiger partial charge in [0.05, 0.1) is 16.2 Å². The van der Waals surface area contributed by atoms with E-state index in [2.05, 4.69) is 14.9 Å². The van der Waals surface area contributed by atoms with Crippen LogP contribution in [0.25, 0.3) is 11.3 Å². The van der Waals surface area contributed by atoms with Crippen molar-refractivity contribution < 1.29 is 0 Å². The van der Waals surface area contributed by atoms with Crippen LogP contribution in [0.3, 0.4) is 0 Å². The lowest BCUT2D eigenvalue weighted by Crippen LogP contribution is -2.52. The molecule has 0 bridgehead atoms. The first-order valence-electron chi connectivity index (χ1n) is 8.08. The maximum Gasteiger partial charge on any atom is 0.152 e. The minimum atomic E-state index is 0.255. The molecule has 1 aliphatic heterocycles. The number of nitrogen functional groups attached to an aromatic ring is 1. The molecular weight excluding hydrogens is 345 g/mol. The quantitative estimate of drug-likeness (QED) is 0.854. The summed E-state index contributed by atoms with van der Waals surface area (Å²) in [6.45, 7) is 1.87. The lowest BCUT2D eigenvalue weighted by atomic mass is 9.64. The Balaban J connectivity index is 1.62. The summed E-state index contributed by atoms with van der Waals surface area (Å²) in [5.41, 5.74) is 13.9. The highest BCUT2D eigenvalue weighted by atomic mass is 35.5.